The van der Waals surface area contributed by atoms with Crippen molar-refractivity contribution in [1.82, 2.24) is 26.2 Å². The Morgan fingerprint density at radius 2 is 1.49 bits per heavy atom. The molecule has 1 aromatic heterocycles. The fourth-order valence-electron chi connectivity index (χ4n) is 8.79. The Morgan fingerprint density at radius 1 is 0.800 bits per heavy atom. The van der Waals surface area contributed by atoms with Crippen LogP contribution in [0.2, 0.25) is 0 Å². The van der Waals surface area contributed by atoms with Gasteiger partial charge in [0.2, 0.25) is 23.6 Å². The number of rotatable bonds is 21. The van der Waals surface area contributed by atoms with Crippen molar-refractivity contribution < 1.29 is 49.8 Å². The van der Waals surface area contributed by atoms with Crippen molar-refractivity contribution in [2.75, 3.05) is 20.1 Å². The molecule has 6 rings (SSSR count). The summed E-state index contributed by atoms with van der Waals surface area (Å²) >= 11 is 1.36. The van der Waals surface area contributed by atoms with Crippen molar-refractivity contribution in [1.29, 1.82) is 0 Å². The van der Waals surface area contributed by atoms with E-state index in [1.165, 1.54) is 112 Å². The first-order valence-electron chi connectivity index (χ1n) is 24.4. The number of nitrogens with zero attached hydrogens (tertiary/aromatic N) is 1. The van der Waals surface area contributed by atoms with Crippen molar-refractivity contribution in [2.45, 2.75) is 121 Å². The molecular weight excluding hydrogens is 909 g/mol. The fraction of sp³-hybridized carbons (Fsp3) is 0.407. The van der Waals surface area contributed by atoms with Crippen LogP contribution in [0, 0.1) is 0 Å². The van der Waals surface area contributed by atoms with Crippen LogP contribution in [-0.2, 0) is 36.8 Å². The number of aromatic hydroxyl groups is 2. The van der Waals surface area contributed by atoms with Gasteiger partial charge in [0.1, 0.15) is 35.7 Å². The van der Waals surface area contributed by atoms with E-state index in [0.29, 0.717) is 29.8 Å². The molecule has 15 nitrogen and oxygen atoms in total. The number of thiophene rings is 1. The molecule has 70 heavy (non-hydrogen) atoms. The third kappa shape index (κ3) is 13.9. The van der Waals surface area contributed by atoms with Gasteiger partial charge in [0.25, 0.3) is 5.91 Å². The monoisotopic (exact) mass is 975 g/mol. The number of phenolic OH excluding ortho intramolecular Hbond substituents is 2. The molecule has 2 heterocycles. The highest BCUT2D eigenvalue weighted by Gasteiger charge is 2.36. The Morgan fingerprint density at radius 3 is 2.20 bits per heavy atom. The number of quaternary nitrogens is 1. The Kier molecular flexibility index (Phi) is 18.9. The summed E-state index contributed by atoms with van der Waals surface area (Å²) in [6.45, 7) is 4.19. The van der Waals surface area contributed by atoms with E-state index < -0.39 is 53.8 Å². The third-order valence-corrected chi connectivity index (χ3v) is 14.0. The fourth-order valence-corrected chi connectivity index (χ4v) is 9.75. The molecule has 10 N–H and O–H groups in total. The molecule has 1 aliphatic rings. The van der Waals surface area contributed by atoms with Gasteiger partial charge in [-0.25, -0.2) is 4.79 Å². The normalized spacial score (nSPS) is 16.4. The molecule has 5 amide bonds. The number of unbranched alkanes of at least 4 members (excludes halogenated alkanes) is 7. The van der Waals surface area contributed by atoms with Crippen molar-refractivity contribution in [2.24, 2.45) is 0 Å². The van der Waals surface area contributed by atoms with Crippen molar-refractivity contribution >= 4 is 56.9 Å². The smallest absolute Gasteiger partial charge is 0.326 e. The predicted octanol–water partition coefficient (Wildman–Crippen LogP) is 6.79. The lowest BCUT2D eigenvalue weighted by Crippen LogP contribution is -2.55. The number of aliphatic carboxylic acids is 1. The van der Waals surface area contributed by atoms with Gasteiger partial charge >= 0.3 is 5.97 Å². The first-order chi connectivity index (χ1) is 33.7. The quantitative estimate of drug-likeness (QED) is 0.0361. The van der Waals surface area contributed by atoms with E-state index in [2.05, 4.69) is 70.3 Å². The number of fused-ring (bicyclic) bond motifs is 6. The molecule has 16 heteroatoms. The van der Waals surface area contributed by atoms with Gasteiger partial charge in [-0.1, -0.05) is 87.9 Å². The summed E-state index contributed by atoms with van der Waals surface area (Å²) in [5.41, 5.74) is 8.26. The zero-order valence-corrected chi connectivity index (χ0v) is 41.2. The van der Waals surface area contributed by atoms with E-state index in [1.54, 1.807) is 0 Å². The second-order valence-electron chi connectivity index (χ2n) is 18.2. The van der Waals surface area contributed by atoms with Crippen LogP contribution in [0.25, 0.3) is 32.3 Å². The Bertz CT molecular complexity index is 2650. The summed E-state index contributed by atoms with van der Waals surface area (Å²) in [5.74, 6) is -4.89. The van der Waals surface area contributed by atoms with Crippen LogP contribution >= 0.6 is 11.3 Å². The molecule has 0 spiro atoms. The molecule has 372 valence electrons. The van der Waals surface area contributed by atoms with E-state index in [9.17, 15) is 44.1 Å². The number of aryl methyl sites for hydroxylation is 1. The van der Waals surface area contributed by atoms with Gasteiger partial charge in [-0.3, -0.25) is 24.0 Å². The summed E-state index contributed by atoms with van der Waals surface area (Å²) < 4.78 is 0.955. The number of benzene rings is 4. The molecule has 0 aliphatic carbocycles. The van der Waals surface area contributed by atoms with Gasteiger partial charge in [-0.05, 0) is 115 Å². The zero-order chi connectivity index (χ0) is 50.3. The second kappa shape index (κ2) is 25.2. The number of nitrogens with one attached hydrogen (secondary N) is 4. The minimum absolute atomic E-state index is 0.0109. The number of carboxylic acid groups (broad SMARTS) is 1. The first kappa shape index (κ1) is 52.6. The lowest BCUT2D eigenvalue weighted by Gasteiger charge is -2.32. The highest BCUT2D eigenvalue weighted by molar-refractivity contribution is 7.20. The number of carboxylic acids is 1. The highest BCUT2D eigenvalue weighted by Crippen LogP contribution is 2.39. The maximum Gasteiger partial charge on any atom is 0.326 e. The molecule has 0 fully saturated rings. The minimum atomic E-state index is -1.43. The maximum atomic E-state index is 14.5. The summed E-state index contributed by atoms with van der Waals surface area (Å²) in [5, 5.41) is 43.5. The SMILES string of the molecule is CCCCCCCCCc1ccc(-c2ccc3sc(C(=O)NCCC(=O)N[C@@H](CCCC[NH3+])C(=O)N(C)[C@@H]4C(=O)N[C@@H](C)C(=O)N[C@H](C(=O)O)Cc5ccc(O)c(c5)-c5cc4ccc5O)cc3c2)cc1. The standard InChI is InChI=1S/C54H66N6O9S/c1-4-5-6-7-8-9-10-13-34-15-18-36(19-16-34)37-21-24-46-39(30-37)32-47(70-46)51(65)56-27-25-48(63)58-42(14-11-12-26-55)53(67)60(3)49-38-20-23-45(62)41(31-38)40-28-35(17-22-44(40)61)29-43(54(68)69)59-50(64)33(2)57-52(49)66/h15-24,28,30-33,42-43,49,61-62H,4-14,25-27,29,55H2,1-3H3,(H,56,65)(H,57,66)(H,58,63)(H,59,64)(H,68,69)/p+1/t33-,42-,43-,49-/m0/s1. The Labute approximate surface area is 413 Å². The summed E-state index contributed by atoms with van der Waals surface area (Å²) in [4.78, 5) is 82.7. The van der Waals surface area contributed by atoms with Crippen molar-refractivity contribution in [3.8, 4) is 33.8 Å². The summed E-state index contributed by atoms with van der Waals surface area (Å²) in [7, 11) is 1.38. The number of amides is 5. The topological polar surface area (TPSA) is 242 Å². The molecule has 0 radical (unpaired) electrons. The highest BCUT2D eigenvalue weighted by atomic mass is 32.1. The number of carbonyl (C=O) groups excluding carboxylic acids is 5. The van der Waals surface area contributed by atoms with Crippen LogP contribution in [0.4, 0.5) is 0 Å². The van der Waals surface area contributed by atoms with Gasteiger partial charge in [0, 0.05) is 42.3 Å². The van der Waals surface area contributed by atoms with Gasteiger partial charge in [-0.15, -0.1) is 11.3 Å². The van der Waals surface area contributed by atoms with Crippen LogP contribution < -0.4 is 27.0 Å². The number of hydrogen-bond acceptors (Lipinski definition) is 9. The molecule has 4 aromatic carbocycles. The number of phenols is 2. The Balaban J connectivity index is 1.12. The third-order valence-electron chi connectivity index (χ3n) is 12.8. The molecule has 0 unspecified atom stereocenters. The zero-order valence-electron chi connectivity index (χ0n) is 40.4. The molecular formula is C54H67N6O9S+. The van der Waals surface area contributed by atoms with Crippen LogP contribution in [0.1, 0.15) is 117 Å². The lowest BCUT2D eigenvalue weighted by atomic mass is 9.93. The molecule has 0 saturated carbocycles. The average Bonchev–Trinajstić information content (AvgIpc) is 3.78. The van der Waals surface area contributed by atoms with Crippen LogP contribution in [0.5, 0.6) is 11.5 Å². The Hall–Kier alpha value is -6.78. The van der Waals surface area contributed by atoms with Gasteiger partial charge < -0.3 is 47.2 Å². The maximum absolute atomic E-state index is 14.5. The first-order valence-corrected chi connectivity index (χ1v) is 25.2. The number of likely N-dealkylation sites (N-methyl/N-ethyl adjacent to an activating group) is 1. The minimum Gasteiger partial charge on any atom is -0.507 e. The van der Waals surface area contributed by atoms with Crippen molar-refractivity contribution in [3.63, 3.8) is 0 Å². The van der Waals surface area contributed by atoms with Gasteiger partial charge in [-0.2, -0.15) is 0 Å². The average molecular weight is 976 g/mol. The van der Waals surface area contributed by atoms with Crippen LogP contribution in [0.15, 0.2) is 84.9 Å². The van der Waals surface area contributed by atoms with Gasteiger partial charge in [0.15, 0.2) is 0 Å². The number of hydrogen-bond donors (Lipinski definition) is 8. The molecule has 5 aromatic rings. The van der Waals surface area contributed by atoms with E-state index >= 15 is 0 Å². The molecule has 4 atom stereocenters. The van der Waals surface area contributed by atoms with Crippen LogP contribution in [-0.4, -0.2) is 94.0 Å². The summed E-state index contributed by atoms with van der Waals surface area (Å²) in [6, 6.07) is 20.0. The molecule has 1 aliphatic heterocycles. The van der Waals surface area contributed by atoms with E-state index in [1.807, 2.05) is 12.1 Å². The second-order valence-corrected chi connectivity index (χ2v) is 19.3. The van der Waals surface area contributed by atoms with E-state index in [4.69, 9.17) is 0 Å². The molecule has 0 saturated heterocycles. The van der Waals surface area contributed by atoms with Gasteiger partial charge in [0.05, 0.1) is 11.4 Å². The summed E-state index contributed by atoms with van der Waals surface area (Å²) in [6.07, 6.45) is 11.1. The van der Waals surface area contributed by atoms with Crippen molar-refractivity contribution in [3.05, 3.63) is 106 Å². The van der Waals surface area contributed by atoms with E-state index in [0.717, 1.165) is 32.5 Å². The van der Waals surface area contributed by atoms with E-state index in [-0.39, 0.29) is 59.9 Å². The lowest BCUT2D eigenvalue weighted by molar-refractivity contribution is -0.368. The van der Waals surface area contributed by atoms with Crippen LogP contribution in [0.3, 0.4) is 0 Å². The largest absolute Gasteiger partial charge is 0.507 e. The molecule has 4 bridgehead atoms. The predicted molar refractivity (Wildman–Crippen MR) is 271 cm³/mol. The number of carbonyl (C=O) groups is 6.